The summed E-state index contributed by atoms with van der Waals surface area (Å²) in [5, 5.41) is 30.1. The standard InChI is InChI=1S/C17H12N4O3/c1-10-2-4-14-15(6-10)20-17(19-14)12(9-18)7-11-8-13(21(23)24)3-5-16(11)22/h2-8,22H,1H3,(H,19,20)/b12-7+. The molecule has 7 nitrogen and oxygen atoms in total. The minimum absolute atomic E-state index is 0.152. The summed E-state index contributed by atoms with van der Waals surface area (Å²) in [6.45, 7) is 1.95. The van der Waals surface area contributed by atoms with Crippen molar-refractivity contribution in [2.75, 3.05) is 0 Å². The first-order valence-electron chi connectivity index (χ1n) is 7.04. The second-order valence-electron chi connectivity index (χ2n) is 5.28. The number of phenolic OH excluding ortho intramolecular Hbond substituents is 1. The van der Waals surface area contributed by atoms with Gasteiger partial charge in [-0.2, -0.15) is 5.26 Å². The molecule has 0 aliphatic rings. The highest BCUT2D eigenvalue weighted by Gasteiger charge is 2.12. The van der Waals surface area contributed by atoms with Crippen molar-refractivity contribution in [1.82, 2.24) is 9.97 Å². The fourth-order valence-corrected chi connectivity index (χ4v) is 2.33. The number of nitrogens with zero attached hydrogens (tertiary/aromatic N) is 3. The Bertz CT molecular complexity index is 1030. The third-order valence-corrected chi connectivity index (χ3v) is 3.53. The quantitative estimate of drug-likeness (QED) is 0.435. The van der Waals surface area contributed by atoms with E-state index < -0.39 is 4.92 Å². The maximum atomic E-state index is 10.9. The van der Waals surface area contributed by atoms with Crippen LogP contribution in [0.4, 0.5) is 5.69 Å². The van der Waals surface area contributed by atoms with Crippen molar-refractivity contribution in [1.29, 1.82) is 5.26 Å². The van der Waals surface area contributed by atoms with Crippen molar-refractivity contribution in [3.8, 4) is 11.8 Å². The number of aromatic nitrogens is 2. The normalized spacial score (nSPS) is 11.4. The molecule has 0 fully saturated rings. The Kier molecular flexibility index (Phi) is 3.72. The van der Waals surface area contributed by atoms with E-state index in [1.54, 1.807) is 0 Å². The Morgan fingerprint density at radius 3 is 2.88 bits per heavy atom. The summed E-state index contributed by atoms with van der Waals surface area (Å²) in [6, 6.07) is 11.3. The van der Waals surface area contributed by atoms with Gasteiger partial charge in [-0.3, -0.25) is 10.1 Å². The van der Waals surface area contributed by atoms with Gasteiger partial charge in [0.1, 0.15) is 17.6 Å². The fraction of sp³-hybridized carbons (Fsp3) is 0.0588. The van der Waals surface area contributed by atoms with Gasteiger partial charge in [-0.15, -0.1) is 0 Å². The van der Waals surface area contributed by atoms with Crippen LogP contribution in [0.3, 0.4) is 0 Å². The lowest BCUT2D eigenvalue weighted by Crippen LogP contribution is -1.89. The van der Waals surface area contributed by atoms with Gasteiger partial charge in [0.2, 0.25) is 0 Å². The number of imidazole rings is 1. The number of hydrogen-bond acceptors (Lipinski definition) is 5. The van der Waals surface area contributed by atoms with Crippen LogP contribution in [0.15, 0.2) is 36.4 Å². The zero-order valence-corrected chi connectivity index (χ0v) is 12.6. The van der Waals surface area contributed by atoms with Crippen LogP contribution >= 0.6 is 0 Å². The molecule has 0 saturated carbocycles. The minimum Gasteiger partial charge on any atom is -0.507 e. The van der Waals surface area contributed by atoms with Crippen molar-refractivity contribution in [3.05, 3.63) is 63.5 Å². The molecular weight excluding hydrogens is 308 g/mol. The summed E-state index contributed by atoms with van der Waals surface area (Å²) in [5.74, 6) is 0.185. The number of allylic oxidation sites excluding steroid dienone is 1. The van der Waals surface area contributed by atoms with Gasteiger partial charge in [-0.1, -0.05) is 6.07 Å². The summed E-state index contributed by atoms with van der Waals surface area (Å²) in [5.41, 5.74) is 2.72. The van der Waals surface area contributed by atoms with Crippen molar-refractivity contribution >= 4 is 28.4 Å². The summed E-state index contributed by atoms with van der Waals surface area (Å²) < 4.78 is 0. The van der Waals surface area contributed by atoms with E-state index in [1.807, 2.05) is 31.2 Å². The Hall–Kier alpha value is -3.66. The topological polar surface area (TPSA) is 116 Å². The second kappa shape index (κ2) is 5.85. The van der Waals surface area contributed by atoms with Crippen LogP contribution in [-0.4, -0.2) is 20.0 Å². The highest BCUT2D eigenvalue weighted by atomic mass is 16.6. The monoisotopic (exact) mass is 320 g/mol. The highest BCUT2D eigenvalue weighted by molar-refractivity contribution is 5.91. The molecule has 118 valence electrons. The molecule has 2 aromatic carbocycles. The van der Waals surface area contributed by atoms with Crippen LogP contribution in [0.1, 0.15) is 17.0 Å². The maximum absolute atomic E-state index is 10.9. The number of phenols is 1. The zero-order valence-electron chi connectivity index (χ0n) is 12.6. The highest BCUT2D eigenvalue weighted by Crippen LogP contribution is 2.27. The van der Waals surface area contributed by atoms with Crippen molar-refractivity contribution in [3.63, 3.8) is 0 Å². The van der Waals surface area contributed by atoms with Gasteiger partial charge in [0.25, 0.3) is 5.69 Å². The molecule has 0 spiro atoms. The first-order valence-corrected chi connectivity index (χ1v) is 7.04. The van der Waals surface area contributed by atoms with Gasteiger partial charge < -0.3 is 10.1 Å². The van der Waals surface area contributed by atoms with E-state index in [2.05, 4.69) is 9.97 Å². The van der Waals surface area contributed by atoms with E-state index >= 15 is 0 Å². The number of nitro benzene ring substituents is 1. The Balaban J connectivity index is 2.10. The zero-order chi connectivity index (χ0) is 17.3. The molecule has 2 N–H and O–H groups in total. The minimum atomic E-state index is -0.563. The Morgan fingerprint density at radius 1 is 1.38 bits per heavy atom. The number of non-ortho nitro benzene ring substituents is 1. The van der Waals surface area contributed by atoms with E-state index in [9.17, 15) is 20.5 Å². The van der Waals surface area contributed by atoms with E-state index in [0.717, 1.165) is 11.1 Å². The van der Waals surface area contributed by atoms with Crippen LogP contribution in [-0.2, 0) is 0 Å². The first kappa shape index (κ1) is 15.2. The third kappa shape index (κ3) is 2.80. The summed E-state index contributed by atoms with van der Waals surface area (Å²) >= 11 is 0. The molecule has 0 amide bonds. The fourth-order valence-electron chi connectivity index (χ4n) is 2.33. The lowest BCUT2D eigenvalue weighted by atomic mass is 10.1. The van der Waals surface area contributed by atoms with Crippen molar-refractivity contribution in [2.45, 2.75) is 6.92 Å². The number of benzene rings is 2. The molecule has 3 aromatic rings. The second-order valence-corrected chi connectivity index (χ2v) is 5.28. The molecule has 24 heavy (non-hydrogen) atoms. The number of hydrogen-bond donors (Lipinski definition) is 2. The smallest absolute Gasteiger partial charge is 0.270 e. The summed E-state index contributed by atoms with van der Waals surface area (Å²) in [4.78, 5) is 17.7. The van der Waals surface area contributed by atoms with Crippen LogP contribution in [0.2, 0.25) is 0 Å². The van der Waals surface area contributed by atoms with Gasteiger partial charge >= 0.3 is 0 Å². The molecule has 3 rings (SSSR count). The molecule has 7 heteroatoms. The third-order valence-electron chi connectivity index (χ3n) is 3.53. The summed E-state index contributed by atoms with van der Waals surface area (Å²) in [7, 11) is 0. The van der Waals surface area contributed by atoms with E-state index in [-0.39, 0.29) is 22.6 Å². The SMILES string of the molecule is Cc1ccc2nc(/C(C#N)=C/c3cc([N+](=O)[O-])ccc3O)[nH]c2c1. The number of rotatable bonds is 3. The predicted molar refractivity (Wildman–Crippen MR) is 89.1 cm³/mol. The molecular formula is C17H12N4O3. The lowest BCUT2D eigenvalue weighted by Gasteiger charge is -2.00. The van der Waals surface area contributed by atoms with Crippen LogP contribution in [0.25, 0.3) is 22.7 Å². The predicted octanol–water partition coefficient (Wildman–Crippen LogP) is 3.55. The first-order chi connectivity index (χ1) is 11.5. The van der Waals surface area contributed by atoms with Crippen LogP contribution in [0, 0.1) is 28.4 Å². The molecule has 0 bridgehead atoms. The van der Waals surface area contributed by atoms with Gasteiger partial charge in [0, 0.05) is 17.7 Å². The molecule has 1 heterocycles. The number of aryl methyl sites for hydroxylation is 1. The number of H-pyrrole nitrogens is 1. The van der Waals surface area contributed by atoms with Crippen molar-refractivity contribution < 1.29 is 10.0 Å². The number of nitriles is 1. The number of nitro groups is 1. The van der Waals surface area contributed by atoms with E-state index in [1.165, 1.54) is 24.3 Å². The molecule has 1 aromatic heterocycles. The largest absolute Gasteiger partial charge is 0.507 e. The molecule has 0 saturated heterocycles. The summed E-state index contributed by atoms with van der Waals surface area (Å²) in [6.07, 6.45) is 1.37. The van der Waals surface area contributed by atoms with E-state index in [0.29, 0.717) is 11.3 Å². The average molecular weight is 320 g/mol. The number of aromatic amines is 1. The number of fused-ring (bicyclic) bond motifs is 1. The molecule has 0 radical (unpaired) electrons. The number of nitrogens with one attached hydrogen (secondary N) is 1. The van der Waals surface area contributed by atoms with Crippen LogP contribution < -0.4 is 0 Å². The van der Waals surface area contributed by atoms with Gasteiger partial charge in [-0.25, -0.2) is 4.98 Å². The average Bonchev–Trinajstić information content (AvgIpc) is 2.96. The Labute approximate surface area is 136 Å². The van der Waals surface area contributed by atoms with E-state index in [4.69, 9.17) is 0 Å². The van der Waals surface area contributed by atoms with Gasteiger partial charge in [0.05, 0.1) is 21.5 Å². The van der Waals surface area contributed by atoms with Gasteiger partial charge in [0.15, 0.2) is 0 Å². The molecule has 0 atom stereocenters. The van der Waals surface area contributed by atoms with Gasteiger partial charge in [-0.05, 0) is 36.8 Å². The molecule has 0 aliphatic carbocycles. The molecule has 0 unspecified atom stereocenters. The lowest BCUT2D eigenvalue weighted by molar-refractivity contribution is -0.384. The molecule has 0 aliphatic heterocycles. The van der Waals surface area contributed by atoms with Crippen LogP contribution in [0.5, 0.6) is 5.75 Å². The maximum Gasteiger partial charge on any atom is 0.270 e. The Morgan fingerprint density at radius 2 is 2.17 bits per heavy atom. The number of aromatic hydroxyl groups is 1. The van der Waals surface area contributed by atoms with Crippen molar-refractivity contribution in [2.24, 2.45) is 0 Å².